The fraction of sp³-hybridized carbons (Fsp3) is 0.786. The minimum atomic E-state index is -0.212. The Balaban J connectivity index is 2.02. The van der Waals surface area contributed by atoms with Gasteiger partial charge in [0.2, 0.25) is 11.9 Å². The fourth-order valence-electron chi connectivity index (χ4n) is 2.07. The molecule has 1 fully saturated rings. The molecule has 7 nitrogen and oxygen atoms in total. The third-order valence-electron chi connectivity index (χ3n) is 3.70. The normalized spacial score (nSPS) is 15.3. The van der Waals surface area contributed by atoms with Gasteiger partial charge < -0.3 is 19.7 Å². The summed E-state index contributed by atoms with van der Waals surface area (Å²) >= 11 is 0. The van der Waals surface area contributed by atoms with Gasteiger partial charge in [0.25, 0.3) is 0 Å². The van der Waals surface area contributed by atoms with Crippen LogP contribution < -0.4 is 15.0 Å². The molecule has 118 valence electrons. The first-order valence-corrected chi connectivity index (χ1v) is 7.41. The Morgan fingerprint density at radius 1 is 1.19 bits per heavy atom. The molecule has 1 aliphatic rings. The molecule has 1 saturated heterocycles. The zero-order valence-corrected chi connectivity index (χ0v) is 13.3. The van der Waals surface area contributed by atoms with Crippen LogP contribution in [0.4, 0.5) is 11.9 Å². The van der Waals surface area contributed by atoms with E-state index in [4.69, 9.17) is 9.47 Å². The van der Waals surface area contributed by atoms with Crippen LogP contribution >= 0.6 is 0 Å². The third kappa shape index (κ3) is 4.42. The Kier molecular flexibility index (Phi) is 5.17. The van der Waals surface area contributed by atoms with E-state index >= 15 is 0 Å². The van der Waals surface area contributed by atoms with Crippen LogP contribution in [0.15, 0.2) is 0 Å². The first kappa shape index (κ1) is 15.8. The van der Waals surface area contributed by atoms with Gasteiger partial charge in [-0.3, -0.25) is 0 Å². The van der Waals surface area contributed by atoms with Gasteiger partial charge in [0.15, 0.2) is 0 Å². The summed E-state index contributed by atoms with van der Waals surface area (Å²) in [5.74, 6) is 1.22. The van der Waals surface area contributed by atoms with Crippen LogP contribution in [0.5, 0.6) is 6.01 Å². The topological polar surface area (TPSA) is 72.4 Å². The van der Waals surface area contributed by atoms with Crippen molar-refractivity contribution in [3.05, 3.63) is 0 Å². The maximum absolute atomic E-state index is 5.68. The quantitative estimate of drug-likeness (QED) is 0.821. The summed E-state index contributed by atoms with van der Waals surface area (Å²) in [6.45, 7) is 6.54. The summed E-state index contributed by atoms with van der Waals surface area (Å²) in [6.07, 6.45) is 3.13. The summed E-state index contributed by atoms with van der Waals surface area (Å²) in [5, 5.41) is 2.96. The lowest BCUT2D eigenvalue weighted by Crippen LogP contribution is -2.26. The minimum Gasteiger partial charge on any atom is -0.463 e. The third-order valence-corrected chi connectivity index (χ3v) is 3.70. The van der Waals surface area contributed by atoms with Gasteiger partial charge in [-0.05, 0) is 26.7 Å². The second-order valence-electron chi connectivity index (χ2n) is 5.75. The number of hydrogen-bond donors (Lipinski definition) is 1. The van der Waals surface area contributed by atoms with Crippen LogP contribution in [0.1, 0.15) is 33.1 Å². The van der Waals surface area contributed by atoms with E-state index in [1.54, 1.807) is 14.2 Å². The van der Waals surface area contributed by atoms with E-state index < -0.39 is 0 Å². The number of anilines is 2. The van der Waals surface area contributed by atoms with E-state index in [0.717, 1.165) is 19.5 Å². The van der Waals surface area contributed by atoms with Gasteiger partial charge in [-0.1, -0.05) is 0 Å². The van der Waals surface area contributed by atoms with E-state index in [1.165, 1.54) is 12.8 Å². The number of aromatic nitrogens is 3. The molecule has 0 bridgehead atoms. The molecule has 1 aliphatic heterocycles. The number of hydrogen-bond acceptors (Lipinski definition) is 7. The molecule has 0 spiro atoms. The van der Waals surface area contributed by atoms with E-state index in [1.807, 2.05) is 13.8 Å². The molecule has 0 aromatic carbocycles. The lowest BCUT2D eigenvalue weighted by Gasteiger charge is -2.22. The summed E-state index contributed by atoms with van der Waals surface area (Å²) in [7, 11) is 3.49. The Labute approximate surface area is 126 Å². The Hall–Kier alpha value is -1.63. The lowest BCUT2D eigenvalue weighted by atomic mass is 10.1. The summed E-state index contributed by atoms with van der Waals surface area (Å²) in [5.41, 5.74) is -0.212. The second kappa shape index (κ2) is 6.89. The van der Waals surface area contributed by atoms with E-state index in [0.29, 0.717) is 24.5 Å². The number of ether oxygens (including phenoxy) is 2. The Morgan fingerprint density at radius 2 is 1.90 bits per heavy atom. The van der Waals surface area contributed by atoms with Crippen molar-refractivity contribution in [3.8, 4) is 6.01 Å². The molecule has 1 aromatic heterocycles. The average molecular weight is 295 g/mol. The van der Waals surface area contributed by atoms with Gasteiger partial charge >= 0.3 is 6.01 Å². The molecule has 21 heavy (non-hydrogen) atoms. The molecule has 0 atom stereocenters. The minimum absolute atomic E-state index is 0.212. The molecule has 1 N–H and O–H groups in total. The van der Waals surface area contributed by atoms with Crippen LogP contribution in [-0.2, 0) is 4.74 Å². The van der Waals surface area contributed by atoms with Crippen molar-refractivity contribution in [1.29, 1.82) is 0 Å². The highest BCUT2D eigenvalue weighted by Crippen LogP contribution is 2.20. The molecule has 1 aromatic rings. The molecule has 2 heterocycles. The van der Waals surface area contributed by atoms with Crippen molar-refractivity contribution >= 4 is 11.9 Å². The lowest BCUT2D eigenvalue weighted by molar-refractivity contribution is 0.00468. The number of nitrogens with one attached hydrogen (secondary N) is 1. The van der Waals surface area contributed by atoms with Crippen molar-refractivity contribution in [2.45, 2.75) is 38.7 Å². The predicted molar refractivity (Wildman–Crippen MR) is 82.0 cm³/mol. The van der Waals surface area contributed by atoms with Gasteiger partial charge in [0.1, 0.15) is 0 Å². The van der Waals surface area contributed by atoms with E-state index in [9.17, 15) is 0 Å². The number of nitrogens with zero attached hydrogens (tertiary/aromatic N) is 4. The van der Waals surface area contributed by atoms with Crippen LogP contribution in [0.25, 0.3) is 0 Å². The van der Waals surface area contributed by atoms with Crippen LogP contribution in [0, 0.1) is 0 Å². The molecule has 7 heteroatoms. The molecule has 0 unspecified atom stereocenters. The maximum atomic E-state index is 5.68. The maximum Gasteiger partial charge on any atom is 0.323 e. The van der Waals surface area contributed by atoms with E-state index in [2.05, 4.69) is 25.2 Å². The number of methoxy groups -OCH3 is 1. The van der Waals surface area contributed by atoms with Crippen molar-refractivity contribution in [1.82, 2.24) is 15.0 Å². The molecular formula is C14H25N5O2. The first-order valence-electron chi connectivity index (χ1n) is 7.41. The highest BCUT2D eigenvalue weighted by Gasteiger charge is 2.19. The molecule has 0 saturated carbocycles. The van der Waals surface area contributed by atoms with Crippen molar-refractivity contribution in [3.63, 3.8) is 0 Å². The van der Waals surface area contributed by atoms with Crippen molar-refractivity contribution in [2.24, 2.45) is 0 Å². The Bertz CT molecular complexity index is 461. The molecule has 2 rings (SSSR count). The average Bonchev–Trinajstić information content (AvgIpc) is 3.01. The van der Waals surface area contributed by atoms with Gasteiger partial charge in [-0.2, -0.15) is 15.0 Å². The summed E-state index contributed by atoms with van der Waals surface area (Å²) in [4.78, 5) is 15.2. The van der Waals surface area contributed by atoms with Gasteiger partial charge in [0, 0.05) is 33.7 Å². The molecule has 0 amide bonds. The number of rotatable bonds is 7. The largest absolute Gasteiger partial charge is 0.463 e. The molecule has 0 radical (unpaired) electrons. The molecule has 0 aliphatic carbocycles. The Morgan fingerprint density at radius 3 is 2.52 bits per heavy atom. The fourth-order valence-corrected chi connectivity index (χ4v) is 2.07. The van der Waals surface area contributed by atoms with Crippen molar-refractivity contribution < 1.29 is 9.47 Å². The monoisotopic (exact) mass is 295 g/mol. The van der Waals surface area contributed by atoms with Gasteiger partial charge in [-0.15, -0.1) is 0 Å². The highest BCUT2D eigenvalue weighted by molar-refractivity contribution is 5.38. The SMILES string of the molecule is CNc1nc(OCCC(C)(C)OC)nc(N2CCCC2)n1. The highest BCUT2D eigenvalue weighted by atomic mass is 16.5. The van der Waals surface area contributed by atoms with Crippen molar-refractivity contribution in [2.75, 3.05) is 44.1 Å². The first-order chi connectivity index (χ1) is 10.0. The summed E-state index contributed by atoms with van der Waals surface area (Å²) < 4.78 is 11.0. The predicted octanol–water partition coefficient (Wildman–Crippen LogP) is 1.71. The van der Waals surface area contributed by atoms with E-state index in [-0.39, 0.29) is 5.60 Å². The van der Waals surface area contributed by atoms with Crippen LogP contribution in [-0.4, -0.2) is 54.4 Å². The van der Waals surface area contributed by atoms with Gasteiger partial charge in [-0.25, -0.2) is 0 Å². The smallest absolute Gasteiger partial charge is 0.323 e. The second-order valence-corrected chi connectivity index (χ2v) is 5.75. The molecular weight excluding hydrogens is 270 g/mol. The van der Waals surface area contributed by atoms with Gasteiger partial charge in [0.05, 0.1) is 12.2 Å². The summed E-state index contributed by atoms with van der Waals surface area (Å²) in [6, 6.07) is 0.364. The zero-order valence-electron chi connectivity index (χ0n) is 13.3. The van der Waals surface area contributed by atoms with Crippen LogP contribution in [0.2, 0.25) is 0 Å². The zero-order chi connectivity index (χ0) is 15.3. The van der Waals surface area contributed by atoms with Crippen LogP contribution in [0.3, 0.4) is 0 Å². The standard InChI is InChI=1S/C14H25N5O2/c1-14(2,20-4)7-10-21-13-17-11(15-3)16-12(18-13)19-8-5-6-9-19/h5-10H2,1-4H3,(H,15,16,17,18).